The van der Waals surface area contributed by atoms with E-state index < -0.39 is 5.97 Å². The summed E-state index contributed by atoms with van der Waals surface area (Å²) in [6.07, 6.45) is 0.137. The van der Waals surface area contributed by atoms with Gasteiger partial charge in [-0.3, -0.25) is 14.5 Å². The molecule has 2 N–H and O–H groups in total. The summed E-state index contributed by atoms with van der Waals surface area (Å²) in [4.78, 5) is 23.8. The third-order valence-corrected chi connectivity index (χ3v) is 3.16. The number of rotatable bonds is 7. The van der Waals surface area contributed by atoms with E-state index in [0.717, 1.165) is 17.8 Å². The average Bonchev–Trinajstić information content (AvgIpc) is 2.36. The predicted molar refractivity (Wildman–Crippen MR) is 78.5 cm³/mol. The van der Waals surface area contributed by atoms with Crippen LogP contribution in [-0.4, -0.2) is 34.5 Å². The first-order chi connectivity index (χ1) is 9.42. The van der Waals surface area contributed by atoms with Crippen molar-refractivity contribution in [2.75, 3.05) is 11.9 Å². The molecule has 1 aromatic carbocycles. The number of carbonyl (C=O) groups excluding carboxylic acids is 1. The molecule has 0 spiro atoms. The molecule has 5 nitrogen and oxygen atoms in total. The fourth-order valence-corrected chi connectivity index (χ4v) is 2.09. The number of hydrogen-bond donors (Lipinski definition) is 2. The third kappa shape index (κ3) is 5.40. The Morgan fingerprint density at radius 1 is 1.30 bits per heavy atom. The second-order valence-electron chi connectivity index (χ2n) is 4.89. The molecule has 1 rings (SSSR count). The highest BCUT2D eigenvalue weighted by Gasteiger charge is 2.15. The fraction of sp³-hybridized carbons (Fsp3) is 0.467. The summed E-state index contributed by atoms with van der Waals surface area (Å²) in [7, 11) is 0. The molecule has 0 bridgehead atoms. The summed E-state index contributed by atoms with van der Waals surface area (Å²) < 4.78 is 0. The second-order valence-corrected chi connectivity index (χ2v) is 4.89. The molecule has 0 aliphatic rings. The van der Waals surface area contributed by atoms with Crippen molar-refractivity contribution in [2.45, 2.75) is 39.8 Å². The predicted octanol–water partition coefficient (Wildman–Crippen LogP) is 2.33. The minimum atomic E-state index is -0.781. The Morgan fingerprint density at radius 2 is 1.90 bits per heavy atom. The van der Waals surface area contributed by atoms with Crippen LogP contribution in [-0.2, 0) is 16.1 Å². The number of carboxylic acid groups (broad SMARTS) is 1. The normalized spacial score (nSPS) is 12.2. The number of benzene rings is 1. The standard InChI is InChI=1S/C15H22N2O3/c1-4-17(11(2)9-15(19)20)10-13-5-7-14(8-6-13)16-12(3)18/h5-8,11H,4,9-10H2,1-3H3,(H,16,18)(H,19,20). The Bertz CT molecular complexity index is 457. The summed E-state index contributed by atoms with van der Waals surface area (Å²) in [5.41, 5.74) is 1.86. The summed E-state index contributed by atoms with van der Waals surface area (Å²) >= 11 is 0. The van der Waals surface area contributed by atoms with E-state index in [0.29, 0.717) is 6.54 Å². The quantitative estimate of drug-likeness (QED) is 0.803. The maximum Gasteiger partial charge on any atom is 0.304 e. The minimum Gasteiger partial charge on any atom is -0.481 e. The fourth-order valence-electron chi connectivity index (χ4n) is 2.09. The van der Waals surface area contributed by atoms with Crippen molar-refractivity contribution in [1.29, 1.82) is 0 Å². The Hall–Kier alpha value is -1.88. The van der Waals surface area contributed by atoms with Crippen molar-refractivity contribution in [3.63, 3.8) is 0 Å². The lowest BCUT2D eigenvalue weighted by Crippen LogP contribution is -2.34. The molecule has 0 saturated heterocycles. The zero-order valence-corrected chi connectivity index (χ0v) is 12.2. The van der Waals surface area contributed by atoms with Gasteiger partial charge in [-0.25, -0.2) is 0 Å². The van der Waals surface area contributed by atoms with E-state index in [4.69, 9.17) is 5.11 Å². The van der Waals surface area contributed by atoms with E-state index in [1.165, 1.54) is 6.92 Å². The van der Waals surface area contributed by atoms with Gasteiger partial charge in [0.1, 0.15) is 0 Å². The molecule has 0 aromatic heterocycles. The van der Waals surface area contributed by atoms with Gasteiger partial charge in [0.2, 0.25) is 5.91 Å². The van der Waals surface area contributed by atoms with Crippen LogP contribution in [0.2, 0.25) is 0 Å². The molecule has 0 aliphatic carbocycles. The molecule has 5 heteroatoms. The molecule has 0 saturated carbocycles. The number of carboxylic acids is 1. The largest absolute Gasteiger partial charge is 0.481 e. The molecule has 0 radical (unpaired) electrons. The van der Waals surface area contributed by atoms with Crippen LogP contribution >= 0.6 is 0 Å². The van der Waals surface area contributed by atoms with Crippen LogP contribution in [0.15, 0.2) is 24.3 Å². The molecule has 0 fully saturated rings. The SMILES string of the molecule is CCN(Cc1ccc(NC(C)=O)cc1)C(C)CC(=O)O. The molecule has 1 aromatic rings. The van der Waals surface area contributed by atoms with Crippen molar-refractivity contribution < 1.29 is 14.7 Å². The molecule has 110 valence electrons. The Balaban J connectivity index is 2.65. The highest BCUT2D eigenvalue weighted by Crippen LogP contribution is 2.14. The molecular formula is C15H22N2O3. The van der Waals surface area contributed by atoms with Gasteiger partial charge in [0.15, 0.2) is 0 Å². The number of aliphatic carboxylic acids is 1. The van der Waals surface area contributed by atoms with Gasteiger partial charge >= 0.3 is 5.97 Å². The topological polar surface area (TPSA) is 69.6 Å². The molecule has 20 heavy (non-hydrogen) atoms. The van der Waals surface area contributed by atoms with E-state index in [9.17, 15) is 9.59 Å². The number of amides is 1. The Kier molecular flexibility index (Phi) is 6.18. The van der Waals surface area contributed by atoms with Gasteiger partial charge < -0.3 is 10.4 Å². The zero-order valence-electron chi connectivity index (χ0n) is 12.2. The second kappa shape index (κ2) is 7.65. The first-order valence-electron chi connectivity index (χ1n) is 6.74. The molecule has 0 aliphatic heterocycles. The van der Waals surface area contributed by atoms with Crippen molar-refractivity contribution in [3.8, 4) is 0 Å². The first kappa shape index (κ1) is 16.2. The summed E-state index contributed by atoms with van der Waals surface area (Å²) in [5, 5.41) is 11.6. The van der Waals surface area contributed by atoms with E-state index >= 15 is 0 Å². The Labute approximate surface area is 119 Å². The van der Waals surface area contributed by atoms with E-state index in [1.54, 1.807) is 0 Å². The number of carbonyl (C=O) groups is 2. The van der Waals surface area contributed by atoms with E-state index in [2.05, 4.69) is 10.2 Å². The van der Waals surface area contributed by atoms with Crippen LogP contribution in [0, 0.1) is 0 Å². The minimum absolute atomic E-state index is 0.00692. The molecule has 1 atom stereocenters. The van der Waals surface area contributed by atoms with Gasteiger partial charge in [0.25, 0.3) is 0 Å². The van der Waals surface area contributed by atoms with Crippen LogP contribution < -0.4 is 5.32 Å². The van der Waals surface area contributed by atoms with Crippen LogP contribution in [0.1, 0.15) is 32.8 Å². The van der Waals surface area contributed by atoms with Gasteiger partial charge in [-0.15, -0.1) is 0 Å². The monoisotopic (exact) mass is 278 g/mol. The Morgan fingerprint density at radius 3 is 2.35 bits per heavy atom. The lowest BCUT2D eigenvalue weighted by Gasteiger charge is -2.26. The smallest absolute Gasteiger partial charge is 0.304 e. The lowest BCUT2D eigenvalue weighted by molar-refractivity contribution is -0.138. The molecule has 0 heterocycles. The number of anilines is 1. The average molecular weight is 278 g/mol. The van der Waals surface area contributed by atoms with Crippen LogP contribution in [0.4, 0.5) is 5.69 Å². The van der Waals surface area contributed by atoms with Crippen LogP contribution in [0.3, 0.4) is 0 Å². The maximum atomic E-state index is 10.9. The lowest BCUT2D eigenvalue weighted by atomic mass is 10.1. The van der Waals surface area contributed by atoms with Gasteiger partial charge in [-0.1, -0.05) is 19.1 Å². The van der Waals surface area contributed by atoms with E-state index in [-0.39, 0.29) is 18.4 Å². The first-order valence-corrected chi connectivity index (χ1v) is 6.74. The summed E-state index contributed by atoms with van der Waals surface area (Å²) in [6, 6.07) is 7.59. The van der Waals surface area contributed by atoms with Crippen molar-refractivity contribution in [3.05, 3.63) is 29.8 Å². The third-order valence-electron chi connectivity index (χ3n) is 3.16. The molecule has 1 amide bonds. The zero-order chi connectivity index (χ0) is 15.1. The van der Waals surface area contributed by atoms with Crippen LogP contribution in [0.25, 0.3) is 0 Å². The highest BCUT2D eigenvalue weighted by atomic mass is 16.4. The number of nitrogens with zero attached hydrogens (tertiary/aromatic N) is 1. The summed E-state index contributed by atoms with van der Waals surface area (Å²) in [6.45, 7) is 6.90. The van der Waals surface area contributed by atoms with Gasteiger partial charge in [-0.2, -0.15) is 0 Å². The van der Waals surface area contributed by atoms with Crippen LogP contribution in [0.5, 0.6) is 0 Å². The van der Waals surface area contributed by atoms with E-state index in [1.807, 2.05) is 38.1 Å². The molecule has 1 unspecified atom stereocenters. The molecular weight excluding hydrogens is 256 g/mol. The van der Waals surface area contributed by atoms with Crippen molar-refractivity contribution in [1.82, 2.24) is 4.90 Å². The number of hydrogen-bond acceptors (Lipinski definition) is 3. The maximum absolute atomic E-state index is 10.9. The number of nitrogens with one attached hydrogen (secondary N) is 1. The van der Waals surface area contributed by atoms with Gasteiger partial charge in [-0.05, 0) is 31.2 Å². The van der Waals surface area contributed by atoms with Crippen molar-refractivity contribution >= 4 is 17.6 Å². The van der Waals surface area contributed by atoms with Gasteiger partial charge in [0.05, 0.1) is 6.42 Å². The summed E-state index contributed by atoms with van der Waals surface area (Å²) in [5.74, 6) is -0.875. The van der Waals surface area contributed by atoms with Gasteiger partial charge in [0, 0.05) is 25.2 Å². The van der Waals surface area contributed by atoms with Crippen molar-refractivity contribution in [2.24, 2.45) is 0 Å². The highest BCUT2D eigenvalue weighted by molar-refractivity contribution is 5.88.